The number of nitrogens with one attached hydrogen (secondary N) is 2. The second-order valence-electron chi connectivity index (χ2n) is 3.98. The van der Waals surface area contributed by atoms with E-state index in [1.165, 1.54) is 12.3 Å². The number of hydrazine groups is 1. The van der Waals surface area contributed by atoms with Crippen molar-refractivity contribution >= 4 is 23.3 Å². The predicted molar refractivity (Wildman–Crippen MR) is 77.2 cm³/mol. The van der Waals surface area contributed by atoms with Crippen LogP contribution in [0.2, 0.25) is 5.02 Å². The molecule has 1 heterocycles. The van der Waals surface area contributed by atoms with Crippen LogP contribution in [0.5, 0.6) is 0 Å². The molecule has 0 aliphatic rings. The van der Waals surface area contributed by atoms with Gasteiger partial charge in [0.25, 0.3) is 5.91 Å². The second-order valence-corrected chi connectivity index (χ2v) is 4.39. The number of nitrogens with zero attached hydrogens (tertiary/aromatic N) is 2. The molecule has 0 saturated carbocycles. The average Bonchev–Trinajstić information content (AvgIpc) is 2.43. The molecule has 4 N–H and O–H groups in total. The first kappa shape index (κ1) is 15.7. The highest BCUT2D eigenvalue weighted by molar-refractivity contribution is 6.33. The van der Waals surface area contributed by atoms with Gasteiger partial charge in [0.05, 0.1) is 10.6 Å². The molecule has 0 aliphatic carbocycles. The maximum atomic E-state index is 11.9. The van der Waals surface area contributed by atoms with Gasteiger partial charge in [-0.2, -0.15) is 0 Å². The number of rotatable bonds is 7. The first-order valence-corrected chi connectivity index (χ1v) is 6.62. The molecule has 0 atom stereocenters. The van der Waals surface area contributed by atoms with Gasteiger partial charge in [-0.1, -0.05) is 25.4 Å². The van der Waals surface area contributed by atoms with Crippen LogP contribution < -0.4 is 16.6 Å². The van der Waals surface area contributed by atoms with Crippen LogP contribution in [-0.4, -0.2) is 42.0 Å². The maximum Gasteiger partial charge on any atom is 0.252 e. The van der Waals surface area contributed by atoms with Gasteiger partial charge in [-0.25, -0.2) is 10.8 Å². The Kier molecular flexibility index (Phi) is 6.55. The predicted octanol–water partition coefficient (Wildman–Crippen LogP) is 1.09. The molecular weight excluding hydrogens is 266 g/mol. The van der Waals surface area contributed by atoms with Crippen molar-refractivity contribution in [1.82, 2.24) is 15.2 Å². The van der Waals surface area contributed by atoms with Crippen molar-refractivity contribution in [1.29, 1.82) is 0 Å². The second kappa shape index (κ2) is 7.93. The van der Waals surface area contributed by atoms with Gasteiger partial charge in [-0.15, -0.1) is 0 Å². The third-order valence-corrected chi connectivity index (χ3v) is 3.14. The summed E-state index contributed by atoms with van der Waals surface area (Å²) < 4.78 is 0. The van der Waals surface area contributed by atoms with Crippen LogP contribution in [0, 0.1) is 0 Å². The van der Waals surface area contributed by atoms with Crippen LogP contribution in [0.1, 0.15) is 24.2 Å². The lowest BCUT2D eigenvalue weighted by Gasteiger charge is -2.17. The van der Waals surface area contributed by atoms with Crippen LogP contribution in [0.25, 0.3) is 0 Å². The van der Waals surface area contributed by atoms with E-state index in [2.05, 4.69) is 34.5 Å². The molecule has 6 nitrogen and oxygen atoms in total. The number of hydrogen-bond donors (Lipinski definition) is 3. The Labute approximate surface area is 118 Å². The number of anilines is 1. The molecule has 1 rings (SSSR count). The first-order valence-electron chi connectivity index (χ1n) is 6.25. The molecule has 1 aromatic heterocycles. The first-order chi connectivity index (χ1) is 9.12. The van der Waals surface area contributed by atoms with Gasteiger partial charge < -0.3 is 15.6 Å². The van der Waals surface area contributed by atoms with Crippen molar-refractivity contribution < 1.29 is 4.79 Å². The Bertz CT molecular complexity index is 423. The van der Waals surface area contributed by atoms with Gasteiger partial charge in [-0.05, 0) is 19.2 Å². The molecule has 0 bridgehead atoms. The van der Waals surface area contributed by atoms with Gasteiger partial charge in [0, 0.05) is 19.3 Å². The number of halogens is 1. The summed E-state index contributed by atoms with van der Waals surface area (Å²) in [6.45, 7) is 7.53. The van der Waals surface area contributed by atoms with Gasteiger partial charge >= 0.3 is 0 Å². The minimum absolute atomic E-state index is 0.190. The molecular formula is C12H20ClN5O. The Morgan fingerprint density at radius 1 is 1.47 bits per heavy atom. The van der Waals surface area contributed by atoms with E-state index in [0.29, 0.717) is 22.9 Å². The van der Waals surface area contributed by atoms with Crippen molar-refractivity contribution in [3.8, 4) is 0 Å². The summed E-state index contributed by atoms with van der Waals surface area (Å²) in [5.74, 6) is 5.38. The lowest BCUT2D eigenvalue weighted by molar-refractivity contribution is 0.0948. The van der Waals surface area contributed by atoms with Crippen LogP contribution in [0.15, 0.2) is 12.3 Å². The van der Waals surface area contributed by atoms with Crippen LogP contribution in [0.4, 0.5) is 5.82 Å². The number of hydrogen-bond acceptors (Lipinski definition) is 5. The summed E-state index contributed by atoms with van der Waals surface area (Å²) in [5.41, 5.74) is 2.77. The molecule has 0 aromatic carbocycles. The van der Waals surface area contributed by atoms with Gasteiger partial charge in [0.1, 0.15) is 0 Å². The van der Waals surface area contributed by atoms with Gasteiger partial charge in [0.2, 0.25) is 0 Å². The molecule has 0 radical (unpaired) electrons. The fraction of sp³-hybridized carbons (Fsp3) is 0.500. The molecule has 1 aromatic rings. The van der Waals surface area contributed by atoms with E-state index in [0.717, 1.165) is 19.6 Å². The van der Waals surface area contributed by atoms with Crippen molar-refractivity contribution in [3.63, 3.8) is 0 Å². The Morgan fingerprint density at radius 2 is 2.16 bits per heavy atom. The largest absolute Gasteiger partial charge is 0.351 e. The monoisotopic (exact) mass is 285 g/mol. The van der Waals surface area contributed by atoms with E-state index >= 15 is 0 Å². The van der Waals surface area contributed by atoms with Crippen LogP contribution >= 0.6 is 11.6 Å². The van der Waals surface area contributed by atoms with Crippen molar-refractivity contribution in [2.24, 2.45) is 5.84 Å². The number of likely N-dealkylation sites (N-methyl/N-ethyl adjacent to an activating group) is 1. The Morgan fingerprint density at radius 3 is 2.68 bits per heavy atom. The number of pyridine rings is 1. The topological polar surface area (TPSA) is 83.3 Å². The zero-order chi connectivity index (χ0) is 14.3. The number of carbonyl (C=O) groups is 1. The highest BCUT2D eigenvalue weighted by Gasteiger charge is 2.09. The lowest BCUT2D eigenvalue weighted by Crippen LogP contribution is -2.34. The fourth-order valence-corrected chi connectivity index (χ4v) is 1.86. The van der Waals surface area contributed by atoms with Gasteiger partial charge in [0.15, 0.2) is 5.82 Å². The van der Waals surface area contributed by atoms with Crippen molar-refractivity contribution in [2.75, 3.05) is 31.6 Å². The maximum absolute atomic E-state index is 11.9. The normalized spacial score (nSPS) is 10.6. The van der Waals surface area contributed by atoms with Gasteiger partial charge in [-0.3, -0.25) is 4.79 Å². The molecule has 0 spiro atoms. The van der Waals surface area contributed by atoms with E-state index in [1.807, 2.05) is 0 Å². The molecule has 0 unspecified atom stereocenters. The number of carbonyl (C=O) groups excluding carboxylic acids is 1. The Balaban J connectivity index is 2.52. The number of nitrogens with two attached hydrogens (primary N) is 1. The standard InChI is InChI=1S/C12H20ClN5O/c1-3-18(4-2)6-5-15-12(19)9-7-10(13)11(17-14)16-8-9/h7-8H,3-6,14H2,1-2H3,(H,15,19)(H,16,17). The molecule has 1 amide bonds. The summed E-state index contributed by atoms with van der Waals surface area (Å²) in [7, 11) is 0. The fourth-order valence-electron chi connectivity index (χ4n) is 1.64. The number of nitrogen functional groups attached to an aromatic ring is 1. The zero-order valence-electron chi connectivity index (χ0n) is 11.2. The molecule has 106 valence electrons. The van der Waals surface area contributed by atoms with E-state index in [-0.39, 0.29) is 5.91 Å². The highest BCUT2D eigenvalue weighted by atomic mass is 35.5. The molecule has 0 saturated heterocycles. The number of amides is 1. The van der Waals surface area contributed by atoms with E-state index < -0.39 is 0 Å². The Hall–Kier alpha value is -1.37. The van der Waals surface area contributed by atoms with E-state index in [9.17, 15) is 4.79 Å². The van der Waals surface area contributed by atoms with Crippen LogP contribution in [0.3, 0.4) is 0 Å². The molecule has 0 fully saturated rings. The summed E-state index contributed by atoms with van der Waals surface area (Å²) in [5, 5.41) is 3.15. The highest BCUT2D eigenvalue weighted by Crippen LogP contribution is 2.18. The number of aromatic nitrogens is 1. The molecule has 0 aliphatic heterocycles. The summed E-state index contributed by atoms with van der Waals surface area (Å²) in [4.78, 5) is 18.1. The van der Waals surface area contributed by atoms with Crippen molar-refractivity contribution in [3.05, 3.63) is 22.8 Å². The quantitative estimate of drug-likeness (QED) is 0.516. The molecule has 7 heteroatoms. The molecule has 19 heavy (non-hydrogen) atoms. The smallest absolute Gasteiger partial charge is 0.252 e. The SMILES string of the molecule is CCN(CC)CCNC(=O)c1cnc(NN)c(Cl)c1. The van der Waals surface area contributed by atoms with Crippen molar-refractivity contribution in [2.45, 2.75) is 13.8 Å². The summed E-state index contributed by atoms with van der Waals surface area (Å²) in [6, 6.07) is 1.54. The third-order valence-electron chi connectivity index (χ3n) is 2.85. The summed E-state index contributed by atoms with van der Waals surface area (Å²) in [6.07, 6.45) is 1.44. The average molecular weight is 286 g/mol. The van der Waals surface area contributed by atoms with Crippen LogP contribution in [-0.2, 0) is 0 Å². The zero-order valence-corrected chi connectivity index (χ0v) is 12.0. The minimum atomic E-state index is -0.190. The third kappa shape index (κ3) is 4.66. The minimum Gasteiger partial charge on any atom is -0.351 e. The van der Waals surface area contributed by atoms with E-state index in [4.69, 9.17) is 17.4 Å². The lowest BCUT2D eigenvalue weighted by atomic mass is 10.2. The summed E-state index contributed by atoms with van der Waals surface area (Å²) >= 11 is 5.91. The van der Waals surface area contributed by atoms with E-state index in [1.54, 1.807) is 0 Å².